The first-order valence-corrected chi connectivity index (χ1v) is 12.3. The van der Waals surface area contributed by atoms with Gasteiger partial charge in [0.15, 0.2) is 11.6 Å². The molecule has 1 amide bonds. The van der Waals surface area contributed by atoms with Gasteiger partial charge in [0.1, 0.15) is 16.9 Å². The third-order valence-electron chi connectivity index (χ3n) is 7.25. The summed E-state index contributed by atoms with van der Waals surface area (Å²) in [5.74, 6) is -2.55. The van der Waals surface area contributed by atoms with Crippen LogP contribution in [0.3, 0.4) is 0 Å². The van der Waals surface area contributed by atoms with Gasteiger partial charge in [-0.2, -0.15) is 9.78 Å². The predicted molar refractivity (Wildman–Crippen MR) is 134 cm³/mol. The van der Waals surface area contributed by atoms with Crippen LogP contribution >= 0.6 is 0 Å². The normalized spacial score (nSPS) is 16.2. The molecule has 1 saturated carbocycles. The fourth-order valence-corrected chi connectivity index (χ4v) is 5.08. The van der Waals surface area contributed by atoms with Gasteiger partial charge in [-0.05, 0) is 68.9 Å². The van der Waals surface area contributed by atoms with Crippen molar-refractivity contribution in [2.45, 2.75) is 39.2 Å². The van der Waals surface area contributed by atoms with Crippen molar-refractivity contribution in [3.05, 3.63) is 70.1 Å². The maximum Gasteiger partial charge on any atom is 0.276 e. The van der Waals surface area contributed by atoms with Crippen LogP contribution in [0.15, 0.2) is 47.3 Å². The number of halogens is 2. The van der Waals surface area contributed by atoms with Gasteiger partial charge < -0.3 is 10.2 Å². The Bertz CT molecular complexity index is 1590. The van der Waals surface area contributed by atoms with E-state index >= 15 is 0 Å². The van der Waals surface area contributed by atoms with Crippen LogP contribution in [0.2, 0.25) is 0 Å². The van der Waals surface area contributed by atoms with E-state index in [4.69, 9.17) is 0 Å². The van der Waals surface area contributed by atoms with Gasteiger partial charge in [-0.25, -0.2) is 13.5 Å². The van der Waals surface area contributed by atoms with E-state index in [0.717, 1.165) is 48.9 Å². The molecule has 2 aromatic heterocycles. The number of amides is 1. The molecule has 0 bridgehead atoms. The molecule has 1 spiro atoms. The lowest BCUT2D eigenvalue weighted by atomic mass is 10.1. The molecular weight excluding hydrogens is 480 g/mol. The monoisotopic (exact) mass is 505 g/mol. The molecule has 2 fully saturated rings. The van der Waals surface area contributed by atoms with E-state index in [9.17, 15) is 18.4 Å². The molecule has 11 heteroatoms. The SMILES string of the molecule is CC(C)n1nnc2c(N3CCC4(CC4)C3)c(NC(=O)c3ccc(=O)n(-c4c(F)cccc4F)n3)ccc21. The molecule has 2 aliphatic rings. The van der Waals surface area contributed by atoms with Crippen LogP contribution in [0, 0.1) is 17.0 Å². The molecule has 6 rings (SSSR count). The lowest BCUT2D eigenvalue weighted by Gasteiger charge is -2.23. The number of hydrogen-bond donors (Lipinski definition) is 1. The molecule has 1 aliphatic carbocycles. The number of nitrogens with zero attached hydrogens (tertiary/aromatic N) is 6. The van der Waals surface area contributed by atoms with Crippen molar-refractivity contribution in [1.29, 1.82) is 0 Å². The highest BCUT2D eigenvalue weighted by atomic mass is 19.1. The summed E-state index contributed by atoms with van der Waals surface area (Å²) < 4.78 is 31.1. The van der Waals surface area contributed by atoms with E-state index < -0.39 is 28.8 Å². The van der Waals surface area contributed by atoms with Crippen molar-refractivity contribution < 1.29 is 13.6 Å². The van der Waals surface area contributed by atoms with Crippen molar-refractivity contribution in [1.82, 2.24) is 24.8 Å². The molecule has 2 aromatic carbocycles. The Hall–Kier alpha value is -4.15. The van der Waals surface area contributed by atoms with Crippen LogP contribution in [-0.4, -0.2) is 43.8 Å². The molecule has 190 valence electrons. The van der Waals surface area contributed by atoms with Gasteiger partial charge in [0.25, 0.3) is 11.5 Å². The standard InChI is InChI=1S/C26H25F2N7O2/c1-15(2)34-20-8-6-18(24(22(20)30-32-34)33-13-12-26(14-33)10-11-26)29-25(37)19-7-9-21(36)35(31-19)23-16(27)4-3-5-17(23)28/h3-9,15H,10-14H2,1-2H3,(H,29,37). The number of hydrogen-bond acceptors (Lipinski definition) is 6. The van der Waals surface area contributed by atoms with Gasteiger partial charge in [-0.3, -0.25) is 9.59 Å². The minimum atomic E-state index is -0.962. The van der Waals surface area contributed by atoms with Crippen LogP contribution in [0.25, 0.3) is 16.7 Å². The Morgan fingerprint density at radius 1 is 1.03 bits per heavy atom. The summed E-state index contributed by atoms with van der Waals surface area (Å²) in [6, 6.07) is 9.30. The highest BCUT2D eigenvalue weighted by Crippen LogP contribution is 2.54. The quantitative estimate of drug-likeness (QED) is 0.439. The minimum absolute atomic E-state index is 0.107. The van der Waals surface area contributed by atoms with Crippen molar-refractivity contribution in [3.63, 3.8) is 0 Å². The summed E-state index contributed by atoms with van der Waals surface area (Å²) in [5, 5.41) is 15.7. The van der Waals surface area contributed by atoms with E-state index in [1.165, 1.54) is 25.0 Å². The number of fused-ring (bicyclic) bond motifs is 1. The Morgan fingerprint density at radius 3 is 2.46 bits per heavy atom. The number of rotatable bonds is 5. The fraction of sp³-hybridized carbons (Fsp3) is 0.346. The minimum Gasteiger partial charge on any atom is -0.367 e. The first-order valence-electron chi connectivity index (χ1n) is 12.3. The lowest BCUT2D eigenvalue weighted by Crippen LogP contribution is -2.27. The largest absolute Gasteiger partial charge is 0.367 e. The van der Waals surface area contributed by atoms with Crippen LogP contribution in [-0.2, 0) is 0 Å². The molecule has 1 aliphatic heterocycles. The molecule has 1 saturated heterocycles. The van der Waals surface area contributed by atoms with Crippen LogP contribution < -0.4 is 15.8 Å². The smallest absolute Gasteiger partial charge is 0.276 e. The van der Waals surface area contributed by atoms with Crippen molar-refractivity contribution >= 4 is 28.3 Å². The first-order chi connectivity index (χ1) is 17.8. The third kappa shape index (κ3) is 3.94. The van der Waals surface area contributed by atoms with E-state index in [0.29, 0.717) is 21.3 Å². The second kappa shape index (κ2) is 8.46. The highest BCUT2D eigenvalue weighted by Gasteiger charge is 2.48. The molecule has 0 atom stereocenters. The predicted octanol–water partition coefficient (Wildman–Crippen LogP) is 4.08. The Balaban J connectivity index is 1.40. The average molecular weight is 506 g/mol. The lowest BCUT2D eigenvalue weighted by molar-refractivity contribution is 0.102. The second-order valence-corrected chi connectivity index (χ2v) is 10.1. The van der Waals surface area contributed by atoms with Gasteiger partial charge in [0.2, 0.25) is 0 Å². The molecule has 37 heavy (non-hydrogen) atoms. The molecule has 0 radical (unpaired) electrons. The van der Waals surface area contributed by atoms with Crippen LogP contribution in [0.1, 0.15) is 49.6 Å². The third-order valence-corrected chi connectivity index (χ3v) is 7.25. The first kappa shape index (κ1) is 23.3. The summed E-state index contributed by atoms with van der Waals surface area (Å²) in [4.78, 5) is 27.9. The number of para-hydroxylation sites is 1. The summed E-state index contributed by atoms with van der Waals surface area (Å²) in [7, 11) is 0. The zero-order valence-corrected chi connectivity index (χ0v) is 20.4. The second-order valence-electron chi connectivity index (χ2n) is 10.1. The van der Waals surface area contributed by atoms with Gasteiger partial charge in [-0.15, -0.1) is 5.10 Å². The summed E-state index contributed by atoms with van der Waals surface area (Å²) in [5.41, 5.74) is 1.63. The molecule has 4 aromatic rings. The van der Waals surface area contributed by atoms with Gasteiger partial charge in [0.05, 0.1) is 16.9 Å². The maximum atomic E-state index is 14.3. The molecule has 9 nitrogen and oxygen atoms in total. The molecule has 1 N–H and O–H groups in total. The number of nitrogens with one attached hydrogen (secondary N) is 1. The maximum absolute atomic E-state index is 14.3. The zero-order chi connectivity index (χ0) is 25.9. The van der Waals surface area contributed by atoms with Gasteiger partial charge in [-0.1, -0.05) is 11.3 Å². The van der Waals surface area contributed by atoms with Crippen molar-refractivity contribution in [3.8, 4) is 5.69 Å². The highest BCUT2D eigenvalue weighted by molar-refractivity contribution is 6.08. The number of carbonyl (C=O) groups is 1. The topological polar surface area (TPSA) is 97.9 Å². The number of benzene rings is 2. The summed E-state index contributed by atoms with van der Waals surface area (Å²) >= 11 is 0. The Labute approximate surface area is 210 Å². The molecule has 3 heterocycles. The Kier molecular flexibility index (Phi) is 5.32. The Morgan fingerprint density at radius 2 is 1.78 bits per heavy atom. The van der Waals surface area contributed by atoms with E-state index in [1.807, 2.05) is 30.7 Å². The van der Waals surface area contributed by atoms with E-state index in [1.54, 1.807) is 0 Å². The van der Waals surface area contributed by atoms with Crippen LogP contribution in [0.5, 0.6) is 0 Å². The molecular formula is C26H25F2N7O2. The van der Waals surface area contributed by atoms with E-state index in [2.05, 4.69) is 25.6 Å². The van der Waals surface area contributed by atoms with Gasteiger partial charge in [0, 0.05) is 25.2 Å². The van der Waals surface area contributed by atoms with Crippen molar-refractivity contribution in [2.24, 2.45) is 5.41 Å². The number of aromatic nitrogens is 5. The van der Waals surface area contributed by atoms with E-state index in [-0.39, 0.29) is 11.7 Å². The van der Waals surface area contributed by atoms with Crippen molar-refractivity contribution in [2.75, 3.05) is 23.3 Å². The number of anilines is 2. The van der Waals surface area contributed by atoms with Crippen LogP contribution in [0.4, 0.5) is 20.2 Å². The summed E-state index contributed by atoms with van der Waals surface area (Å²) in [6.45, 7) is 5.76. The molecule has 0 unspecified atom stereocenters. The van der Waals surface area contributed by atoms with Gasteiger partial charge >= 0.3 is 0 Å². The number of carbonyl (C=O) groups excluding carboxylic acids is 1. The zero-order valence-electron chi connectivity index (χ0n) is 20.4. The average Bonchev–Trinajstić information content (AvgIpc) is 3.28. The summed E-state index contributed by atoms with van der Waals surface area (Å²) in [6.07, 6.45) is 3.46. The fourth-order valence-electron chi connectivity index (χ4n) is 5.08.